The molecule has 0 atom stereocenters. The van der Waals surface area contributed by atoms with Gasteiger partial charge >= 0.3 is 0 Å². The summed E-state index contributed by atoms with van der Waals surface area (Å²) in [6.07, 6.45) is 7.14. The summed E-state index contributed by atoms with van der Waals surface area (Å²) in [5.74, 6) is 0.0147. The fourth-order valence-corrected chi connectivity index (χ4v) is 4.37. The van der Waals surface area contributed by atoms with E-state index < -0.39 is 10.0 Å². The van der Waals surface area contributed by atoms with E-state index in [1.54, 1.807) is 28.8 Å². The Morgan fingerprint density at radius 1 is 1.23 bits per heavy atom. The summed E-state index contributed by atoms with van der Waals surface area (Å²) in [6, 6.07) is 3.54. The highest BCUT2D eigenvalue weighted by molar-refractivity contribution is 7.88. The standard InChI is InChI=1S/C15H21N3O3S/c1-22(20,21)18-10-6-15(12-18)4-8-17(9-5-15)14(19)13-3-2-7-16-11-13/h2-3,7,11H,4-6,8-10,12H2,1H3. The minimum atomic E-state index is -3.11. The molecule has 3 rings (SSSR count). The van der Waals surface area contributed by atoms with Crippen LogP contribution < -0.4 is 0 Å². The minimum absolute atomic E-state index is 0.0147. The SMILES string of the molecule is CS(=O)(=O)N1CCC2(CCN(C(=O)c3cccnc3)CC2)C1. The van der Waals surface area contributed by atoms with E-state index in [1.807, 2.05) is 4.90 Å². The largest absolute Gasteiger partial charge is 0.339 e. The van der Waals surface area contributed by atoms with Crippen molar-refractivity contribution in [3.63, 3.8) is 0 Å². The van der Waals surface area contributed by atoms with Crippen molar-refractivity contribution < 1.29 is 13.2 Å². The highest BCUT2D eigenvalue weighted by Crippen LogP contribution is 2.41. The number of carbonyl (C=O) groups excluding carboxylic acids is 1. The van der Waals surface area contributed by atoms with Crippen LogP contribution in [-0.4, -0.2) is 60.9 Å². The average molecular weight is 323 g/mol. The Morgan fingerprint density at radius 2 is 1.91 bits per heavy atom. The number of sulfonamides is 1. The predicted molar refractivity (Wildman–Crippen MR) is 82.8 cm³/mol. The molecule has 0 bridgehead atoms. The first kappa shape index (κ1) is 15.4. The molecule has 120 valence electrons. The van der Waals surface area contributed by atoms with Gasteiger partial charge < -0.3 is 4.90 Å². The van der Waals surface area contributed by atoms with Crippen molar-refractivity contribution in [2.75, 3.05) is 32.4 Å². The monoisotopic (exact) mass is 323 g/mol. The first-order valence-electron chi connectivity index (χ1n) is 7.54. The molecule has 0 N–H and O–H groups in total. The van der Waals surface area contributed by atoms with Crippen LogP contribution in [0.1, 0.15) is 29.6 Å². The van der Waals surface area contributed by atoms with Crippen LogP contribution in [0, 0.1) is 5.41 Å². The van der Waals surface area contributed by atoms with Crippen molar-refractivity contribution in [2.24, 2.45) is 5.41 Å². The second-order valence-electron chi connectivity index (χ2n) is 6.38. The van der Waals surface area contributed by atoms with Crippen LogP contribution in [0.15, 0.2) is 24.5 Å². The minimum Gasteiger partial charge on any atom is -0.339 e. The predicted octanol–water partition coefficient (Wildman–Crippen LogP) is 0.969. The third-order valence-electron chi connectivity index (χ3n) is 4.89. The van der Waals surface area contributed by atoms with Gasteiger partial charge in [-0.25, -0.2) is 12.7 Å². The highest BCUT2D eigenvalue weighted by atomic mass is 32.2. The van der Waals surface area contributed by atoms with Crippen LogP contribution in [0.2, 0.25) is 0 Å². The van der Waals surface area contributed by atoms with Gasteiger partial charge in [-0.1, -0.05) is 0 Å². The molecule has 1 amide bonds. The molecule has 22 heavy (non-hydrogen) atoms. The van der Waals surface area contributed by atoms with Crippen LogP contribution >= 0.6 is 0 Å². The molecule has 2 fully saturated rings. The molecule has 3 heterocycles. The zero-order chi connectivity index (χ0) is 15.8. The molecule has 2 aliphatic rings. The Hall–Kier alpha value is -1.47. The number of piperidine rings is 1. The molecule has 0 aromatic carbocycles. The number of hydrogen-bond donors (Lipinski definition) is 0. The lowest BCUT2D eigenvalue weighted by atomic mass is 9.78. The topological polar surface area (TPSA) is 70.6 Å². The van der Waals surface area contributed by atoms with Crippen molar-refractivity contribution in [1.82, 2.24) is 14.2 Å². The summed E-state index contributed by atoms with van der Waals surface area (Å²) >= 11 is 0. The van der Waals surface area contributed by atoms with E-state index >= 15 is 0 Å². The van der Waals surface area contributed by atoms with E-state index in [-0.39, 0.29) is 11.3 Å². The van der Waals surface area contributed by atoms with Gasteiger partial charge in [-0.05, 0) is 36.8 Å². The van der Waals surface area contributed by atoms with Crippen molar-refractivity contribution in [3.05, 3.63) is 30.1 Å². The average Bonchev–Trinajstić information content (AvgIpc) is 2.92. The molecular weight excluding hydrogens is 302 g/mol. The van der Waals surface area contributed by atoms with Crippen LogP contribution in [0.3, 0.4) is 0 Å². The van der Waals surface area contributed by atoms with Gasteiger partial charge in [0.1, 0.15) is 0 Å². The molecule has 0 aliphatic carbocycles. The summed E-state index contributed by atoms with van der Waals surface area (Å²) in [7, 11) is -3.11. The maximum Gasteiger partial charge on any atom is 0.255 e. The lowest BCUT2D eigenvalue weighted by molar-refractivity contribution is 0.0599. The molecule has 1 spiro atoms. The first-order valence-corrected chi connectivity index (χ1v) is 9.39. The maximum absolute atomic E-state index is 12.4. The Labute approximate surface area is 131 Å². The summed E-state index contributed by atoms with van der Waals surface area (Å²) in [5.41, 5.74) is 0.664. The fraction of sp³-hybridized carbons (Fsp3) is 0.600. The number of carbonyl (C=O) groups is 1. The number of nitrogens with zero attached hydrogens (tertiary/aromatic N) is 3. The number of amides is 1. The van der Waals surface area contributed by atoms with Crippen molar-refractivity contribution in [2.45, 2.75) is 19.3 Å². The Bertz CT molecular complexity index is 652. The number of likely N-dealkylation sites (tertiary alicyclic amines) is 1. The van der Waals surface area contributed by atoms with E-state index in [0.29, 0.717) is 31.7 Å². The van der Waals surface area contributed by atoms with Crippen molar-refractivity contribution in [1.29, 1.82) is 0 Å². The molecule has 6 nitrogen and oxygen atoms in total. The first-order chi connectivity index (χ1) is 10.4. The van der Waals surface area contributed by atoms with Gasteiger partial charge in [0.2, 0.25) is 10.0 Å². The maximum atomic E-state index is 12.4. The molecule has 0 unspecified atom stereocenters. The summed E-state index contributed by atoms with van der Waals surface area (Å²) < 4.78 is 24.9. The number of pyridine rings is 1. The van der Waals surface area contributed by atoms with Crippen LogP contribution in [0.4, 0.5) is 0 Å². The zero-order valence-corrected chi connectivity index (χ0v) is 13.6. The Morgan fingerprint density at radius 3 is 2.45 bits per heavy atom. The third kappa shape index (κ3) is 3.01. The van der Waals surface area contributed by atoms with Crippen molar-refractivity contribution in [3.8, 4) is 0 Å². The summed E-state index contributed by atoms with van der Waals surface area (Å²) in [4.78, 5) is 18.2. The van der Waals surface area contributed by atoms with Gasteiger partial charge in [0.15, 0.2) is 0 Å². The normalized spacial score (nSPS) is 22.1. The number of hydrogen-bond acceptors (Lipinski definition) is 4. The molecule has 2 aliphatic heterocycles. The van der Waals surface area contributed by atoms with Gasteiger partial charge in [-0.3, -0.25) is 9.78 Å². The van der Waals surface area contributed by atoms with Crippen LogP contribution in [0.25, 0.3) is 0 Å². The fourth-order valence-electron chi connectivity index (χ4n) is 3.44. The van der Waals surface area contributed by atoms with Crippen molar-refractivity contribution >= 4 is 15.9 Å². The van der Waals surface area contributed by atoms with E-state index in [2.05, 4.69) is 4.98 Å². The molecule has 0 saturated carbocycles. The van der Waals surface area contributed by atoms with Crippen LogP contribution in [-0.2, 0) is 10.0 Å². The number of rotatable bonds is 2. The second kappa shape index (κ2) is 5.62. The molecule has 1 aromatic heterocycles. The van der Waals surface area contributed by atoms with Gasteiger partial charge in [0.25, 0.3) is 5.91 Å². The lowest BCUT2D eigenvalue weighted by Gasteiger charge is -2.39. The van der Waals surface area contributed by atoms with E-state index in [0.717, 1.165) is 19.3 Å². The zero-order valence-electron chi connectivity index (χ0n) is 12.7. The van der Waals surface area contributed by atoms with Gasteiger partial charge in [-0.2, -0.15) is 0 Å². The molecule has 1 aromatic rings. The summed E-state index contributed by atoms with van der Waals surface area (Å²) in [6.45, 7) is 2.58. The van der Waals surface area contributed by atoms with Gasteiger partial charge in [0.05, 0.1) is 11.8 Å². The van der Waals surface area contributed by atoms with E-state index in [9.17, 15) is 13.2 Å². The van der Waals surface area contributed by atoms with Gasteiger partial charge in [-0.15, -0.1) is 0 Å². The third-order valence-corrected chi connectivity index (χ3v) is 6.14. The molecule has 0 radical (unpaired) electrons. The molecule has 2 saturated heterocycles. The van der Waals surface area contributed by atoms with Crippen LogP contribution in [0.5, 0.6) is 0 Å². The lowest BCUT2D eigenvalue weighted by Crippen LogP contribution is -2.44. The Balaban J connectivity index is 1.63. The van der Waals surface area contributed by atoms with E-state index in [1.165, 1.54) is 6.26 Å². The number of aromatic nitrogens is 1. The smallest absolute Gasteiger partial charge is 0.255 e. The molecular formula is C15H21N3O3S. The van der Waals surface area contributed by atoms with Gasteiger partial charge in [0, 0.05) is 38.6 Å². The van der Waals surface area contributed by atoms with E-state index in [4.69, 9.17) is 0 Å². The second-order valence-corrected chi connectivity index (χ2v) is 8.36. The Kier molecular flexibility index (Phi) is 3.94. The summed E-state index contributed by atoms with van der Waals surface area (Å²) in [5, 5.41) is 0. The molecule has 7 heteroatoms. The highest BCUT2D eigenvalue weighted by Gasteiger charge is 2.43. The quantitative estimate of drug-likeness (QED) is 0.813.